The molecule has 15 heavy (non-hydrogen) atoms. The molecular weight excluding hydrogens is 224 g/mol. The Hall–Kier alpha value is -1.15. The highest BCUT2D eigenvalue weighted by Gasteiger charge is 2.30. The van der Waals surface area contributed by atoms with Crippen LogP contribution >= 0.6 is 0 Å². The van der Waals surface area contributed by atoms with Gasteiger partial charge in [0.1, 0.15) is 0 Å². The number of carboxylic acids is 1. The lowest BCUT2D eigenvalue weighted by Gasteiger charge is -2.14. The Morgan fingerprint density at radius 3 is 2.07 bits per heavy atom. The molecule has 1 amide bonds. The van der Waals surface area contributed by atoms with Crippen LogP contribution in [-0.4, -0.2) is 43.7 Å². The summed E-state index contributed by atoms with van der Waals surface area (Å²) in [5.41, 5.74) is 0. The van der Waals surface area contributed by atoms with Gasteiger partial charge in [-0.1, -0.05) is 0 Å². The SMILES string of the molecule is CNC(=O)C(C)NS(=O)(=O)C(C)C(=O)O. The lowest BCUT2D eigenvalue weighted by molar-refractivity contribution is -0.136. The maximum Gasteiger partial charge on any atom is 0.323 e. The number of hydrogen-bond acceptors (Lipinski definition) is 4. The number of amides is 1. The van der Waals surface area contributed by atoms with Gasteiger partial charge in [-0.2, -0.15) is 0 Å². The van der Waals surface area contributed by atoms with E-state index in [2.05, 4.69) is 5.32 Å². The van der Waals surface area contributed by atoms with E-state index >= 15 is 0 Å². The van der Waals surface area contributed by atoms with Crippen LogP contribution in [0.5, 0.6) is 0 Å². The molecule has 0 aromatic rings. The molecule has 2 unspecified atom stereocenters. The molecule has 0 radical (unpaired) electrons. The Labute approximate surface area is 87.9 Å². The van der Waals surface area contributed by atoms with Gasteiger partial charge >= 0.3 is 5.97 Å². The van der Waals surface area contributed by atoms with Crippen molar-refractivity contribution in [3.8, 4) is 0 Å². The fourth-order valence-corrected chi connectivity index (χ4v) is 1.82. The molecule has 0 aromatic heterocycles. The minimum Gasteiger partial charge on any atom is -0.480 e. The second-order valence-electron chi connectivity index (χ2n) is 2.98. The third-order valence-electron chi connectivity index (χ3n) is 1.79. The van der Waals surface area contributed by atoms with Crippen LogP contribution < -0.4 is 10.0 Å². The summed E-state index contributed by atoms with van der Waals surface area (Å²) in [5, 5.41) is 9.16. The molecule has 0 fully saturated rings. The van der Waals surface area contributed by atoms with E-state index in [0.29, 0.717) is 0 Å². The number of rotatable bonds is 5. The highest BCUT2D eigenvalue weighted by atomic mass is 32.2. The molecular formula is C7H14N2O5S. The topological polar surface area (TPSA) is 113 Å². The fraction of sp³-hybridized carbons (Fsp3) is 0.714. The third kappa shape index (κ3) is 3.84. The summed E-state index contributed by atoms with van der Waals surface area (Å²) in [4.78, 5) is 21.4. The van der Waals surface area contributed by atoms with E-state index in [9.17, 15) is 18.0 Å². The molecule has 0 heterocycles. The first kappa shape index (κ1) is 13.8. The van der Waals surface area contributed by atoms with Crippen molar-refractivity contribution in [1.82, 2.24) is 10.0 Å². The molecule has 0 bridgehead atoms. The maximum absolute atomic E-state index is 11.3. The molecule has 7 nitrogen and oxygen atoms in total. The van der Waals surface area contributed by atoms with Gasteiger partial charge in [-0.05, 0) is 13.8 Å². The van der Waals surface area contributed by atoms with Crippen molar-refractivity contribution >= 4 is 21.9 Å². The van der Waals surface area contributed by atoms with Gasteiger partial charge in [-0.3, -0.25) is 9.59 Å². The van der Waals surface area contributed by atoms with Crippen LogP contribution in [0.25, 0.3) is 0 Å². The second kappa shape index (κ2) is 5.08. The van der Waals surface area contributed by atoms with Crippen LogP contribution in [0.4, 0.5) is 0 Å². The zero-order valence-corrected chi connectivity index (χ0v) is 9.46. The van der Waals surface area contributed by atoms with Crippen LogP contribution in [0.2, 0.25) is 0 Å². The van der Waals surface area contributed by atoms with Gasteiger partial charge in [0.25, 0.3) is 0 Å². The molecule has 0 rings (SSSR count). The van der Waals surface area contributed by atoms with E-state index in [1.165, 1.54) is 14.0 Å². The predicted octanol–water partition coefficient (Wildman–Crippen LogP) is -1.49. The molecule has 2 atom stereocenters. The van der Waals surface area contributed by atoms with Gasteiger partial charge in [0.15, 0.2) is 5.25 Å². The molecule has 3 N–H and O–H groups in total. The number of likely N-dealkylation sites (N-methyl/N-ethyl adjacent to an activating group) is 1. The van der Waals surface area contributed by atoms with Gasteiger partial charge in [-0.25, -0.2) is 13.1 Å². The van der Waals surface area contributed by atoms with Crippen LogP contribution in [0.1, 0.15) is 13.8 Å². The molecule has 0 aliphatic heterocycles. The van der Waals surface area contributed by atoms with Crippen LogP contribution in [-0.2, 0) is 19.6 Å². The summed E-state index contributed by atoms with van der Waals surface area (Å²) in [5.74, 6) is -2.00. The first-order chi connectivity index (χ1) is 6.72. The van der Waals surface area contributed by atoms with E-state index in [4.69, 9.17) is 5.11 Å². The summed E-state index contributed by atoms with van der Waals surface area (Å²) in [6, 6.07) is -0.998. The first-order valence-electron chi connectivity index (χ1n) is 4.18. The highest BCUT2D eigenvalue weighted by molar-refractivity contribution is 7.90. The average molecular weight is 238 g/mol. The largest absolute Gasteiger partial charge is 0.480 e. The second-order valence-corrected chi connectivity index (χ2v) is 5.01. The molecule has 0 aromatic carbocycles. The van der Waals surface area contributed by atoms with E-state index in [0.717, 1.165) is 6.92 Å². The average Bonchev–Trinajstić information content (AvgIpc) is 2.14. The highest BCUT2D eigenvalue weighted by Crippen LogP contribution is 2.00. The van der Waals surface area contributed by atoms with Crippen molar-refractivity contribution in [1.29, 1.82) is 0 Å². The van der Waals surface area contributed by atoms with E-state index in [1.807, 2.05) is 4.72 Å². The normalized spacial score (nSPS) is 15.4. The van der Waals surface area contributed by atoms with Crippen molar-refractivity contribution in [2.24, 2.45) is 0 Å². The van der Waals surface area contributed by atoms with Crippen molar-refractivity contribution < 1.29 is 23.1 Å². The molecule has 0 saturated heterocycles. The number of carboxylic acid groups (broad SMARTS) is 1. The van der Waals surface area contributed by atoms with Gasteiger partial charge in [0, 0.05) is 7.05 Å². The Morgan fingerprint density at radius 1 is 1.27 bits per heavy atom. The zero-order valence-electron chi connectivity index (χ0n) is 8.64. The van der Waals surface area contributed by atoms with E-state index in [1.54, 1.807) is 0 Å². The monoisotopic (exact) mass is 238 g/mol. The summed E-state index contributed by atoms with van der Waals surface area (Å²) in [7, 11) is -2.67. The summed E-state index contributed by atoms with van der Waals surface area (Å²) in [6.45, 7) is 2.35. The summed E-state index contributed by atoms with van der Waals surface area (Å²) >= 11 is 0. The number of aliphatic carboxylic acids is 1. The Morgan fingerprint density at radius 2 is 1.73 bits per heavy atom. The summed E-state index contributed by atoms with van der Waals surface area (Å²) in [6.07, 6.45) is 0. The predicted molar refractivity (Wildman–Crippen MR) is 52.7 cm³/mol. The smallest absolute Gasteiger partial charge is 0.323 e. The standard InChI is InChI=1S/C7H14N2O5S/c1-4(6(10)8-3)9-15(13,14)5(2)7(11)12/h4-5,9H,1-3H3,(H,8,10)(H,11,12). The van der Waals surface area contributed by atoms with Crippen molar-refractivity contribution in [3.63, 3.8) is 0 Å². The number of hydrogen-bond donors (Lipinski definition) is 3. The lowest BCUT2D eigenvalue weighted by Crippen LogP contribution is -2.47. The van der Waals surface area contributed by atoms with Crippen LogP contribution in [0.3, 0.4) is 0 Å². The van der Waals surface area contributed by atoms with Crippen molar-refractivity contribution in [3.05, 3.63) is 0 Å². The molecule has 0 aliphatic carbocycles. The molecule has 0 aliphatic rings. The maximum atomic E-state index is 11.3. The van der Waals surface area contributed by atoms with E-state index in [-0.39, 0.29) is 0 Å². The number of nitrogens with one attached hydrogen (secondary N) is 2. The Bertz CT molecular complexity index is 350. The zero-order chi connectivity index (χ0) is 12.2. The molecule has 8 heteroatoms. The molecule has 0 saturated carbocycles. The minimum absolute atomic E-state index is 0.531. The van der Waals surface area contributed by atoms with Crippen LogP contribution in [0, 0.1) is 0 Å². The van der Waals surface area contributed by atoms with E-state index < -0.39 is 33.2 Å². The third-order valence-corrected chi connectivity index (χ3v) is 3.61. The molecule has 0 spiro atoms. The van der Waals surface area contributed by atoms with Crippen LogP contribution in [0.15, 0.2) is 0 Å². The fourth-order valence-electron chi connectivity index (χ4n) is 0.751. The number of sulfonamides is 1. The van der Waals surface area contributed by atoms with Gasteiger partial charge in [0.05, 0.1) is 6.04 Å². The van der Waals surface area contributed by atoms with Crippen molar-refractivity contribution in [2.45, 2.75) is 25.1 Å². The van der Waals surface area contributed by atoms with Gasteiger partial charge in [0.2, 0.25) is 15.9 Å². The lowest BCUT2D eigenvalue weighted by atomic mass is 10.3. The van der Waals surface area contributed by atoms with Gasteiger partial charge in [-0.15, -0.1) is 0 Å². The van der Waals surface area contributed by atoms with Crippen molar-refractivity contribution in [2.75, 3.05) is 7.05 Å². The quantitative estimate of drug-likeness (QED) is 0.540. The summed E-state index contributed by atoms with van der Waals surface area (Å²) < 4.78 is 24.6. The molecule has 88 valence electrons. The number of carbonyl (C=O) groups excluding carboxylic acids is 1. The Kier molecular flexibility index (Phi) is 4.69. The first-order valence-corrected chi connectivity index (χ1v) is 5.72. The number of carbonyl (C=O) groups is 2. The Balaban J connectivity index is 4.66. The van der Waals surface area contributed by atoms with Gasteiger partial charge < -0.3 is 10.4 Å². The minimum atomic E-state index is -4.02.